The van der Waals surface area contributed by atoms with Gasteiger partial charge >= 0.3 is 0 Å². The van der Waals surface area contributed by atoms with Crippen LogP contribution in [0.3, 0.4) is 0 Å². The van der Waals surface area contributed by atoms with Crippen LogP contribution in [0, 0.1) is 0 Å². The van der Waals surface area contributed by atoms with E-state index in [9.17, 15) is 0 Å². The van der Waals surface area contributed by atoms with Crippen LogP contribution in [0.5, 0.6) is 0 Å². The summed E-state index contributed by atoms with van der Waals surface area (Å²) in [6.07, 6.45) is 2.87. The average molecular weight is 186 g/mol. The van der Waals surface area contributed by atoms with Gasteiger partial charge in [-0.15, -0.1) is 0 Å². The molecule has 2 heteroatoms. The van der Waals surface area contributed by atoms with Gasteiger partial charge in [-0.1, -0.05) is 19.1 Å². The second-order valence-corrected chi connectivity index (χ2v) is 3.37. The summed E-state index contributed by atoms with van der Waals surface area (Å²) >= 11 is 0. The molecule has 14 heavy (non-hydrogen) atoms. The fourth-order valence-electron chi connectivity index (χ4n) is 1.66. The molecule has 0 amide bonds. The molecule has 72 valence electrons. The summed E-state index contributed by atoms with van der Waals surface area (Å²) in [7, 11) is 0. The van der Waals surface area contributed by atoms with Crippen molar-refractivity contribution in [2.45, 2.75) is 19.9 Å². The summed E-state index contributed by atoms with van der Waals surface area (Å²) in [5, 5.41) is 2.41. The van der Waals surface area contributed by atoms with Crippen LogP contribution in [0.4, 0.5) is 0 Å². The molecule has 0 radical (unpaired) electrons. The Hall–Kier alpha value is -1.41. The Balaban J connectivity index is 2.70. The quantitative estimate of drug-likeness (QED) is 0.781. The zero-order valence-electron chi connectivity index (χ0n) is 8.33. The van der Waals surface area contributed by atoms with Crippen LogP contribution in [0.15, 0.2) is 30.5 Å². The molecule has 0 atom stereocenters. The lowest BCUT2D eigenvalue weighted by Crippen LogP contribution is -2.00. The number of rotatable bonds is 2. The number of benzene rings is 1. The normalized spacial score (nSPS) is 10.7. The third-order valence-corrected chi connectivity index (χ3v) is 2.51. The van der Waals surface area contributed by atoms with Gasteiger partial charge in [-0.05, 0) is 29.5 Å². The molecule has 2 nitrogen and oxygen atoms in total. The Morgan fingerprint density at radius 2 is 2.14 bits per heavy atom. The first kappa shape index (κ1) is 9.16. The monoisotopic (exact) mass is 186 g/mol. The highest BCUT2D eigenvalue weighted by molar-refractivity contribution is 5.85. The minimum Gasteiger partial charge on any atom is -0.325 e. The molecule has 0 saturated heterocycles. The summed E-state index contributed by atoms with van der Waals surface area (Å²) < 4.78 is 0. The van der Waals surface area contributed by atoms with Crippen molar-refractivity contribution < 1.29 is 0 Å². The standard InChI is InChI=1S/C12H14N2/c1-2-9-3-4-10-5-6-14-12(8-13)11(10)7-9/h3-7H,2,8,13H2,1H3. The molecule has 1 heterocycles. The van der Waals surface area contributed by atoms with Crippen LogP contribution < -0.4 is 5.73 Å². The third kappa shape index (κ3) is 1.49. The van der Waals surface area contributed by atoms with E-state index >= 15 is 0 Å². The van der Waals surface area contributed by atoms with E-state index in [1.54, 1.807) is 0 Å². The maximum absolute atomic E-state index is 5.64. The van der Waals surface area contributed by atoms with Crippen LogP contribution in [0.1, 0.15) is 18.2 Å². The lowest BCUT2D eigenvalue weighted by Gasteiger charge is -2.04. The van der Waals surface area contributed by atoms with Crippen molar-refractivity contribution in [3.05, 3.63) is 41.7 Å². The highest BCUT2D eigenvalue weighted by Gasteiger charge is 2.00. The van der Waals surface area contributed by atoms with Crippen LogP contribution in [0.2, 0.25) is 0 Å². The van der Waals surface area contributed by atoms with Crippen LogP contribution in [-0.2, 0) is 13.0 Å². The number of pyridine rings is 1. The Labute approximate surface area is 83.8 Å². The number of hydrogen-bond acceptors (Lipinski definition) is 2. The van der Waals surface area contributed by atoms with Crippen molar-refractivity contribution in [1.29, 1.82) is 0 Å². The van der Waals surface area contributed by atoms with Crippen LogP contribution in [-0.4, -0.2) is 4.98 Å². The van der Waals surface area contributed by atoms with Crippen molar-refractivity contribution >= 4 is 10.8 Å². The Morgan fingerprint density at radius 1 is 1.29 bits per heavy atom. The zero-order valence-corrected chi connectivity index (χ0v) is 8.33. The van der Waals surface area contributed by atoms with Gasteiger partial charge in [0, 0.05) is 18.1 Å². The molecule has 0 saturated carbocycles. The maximum atomic E-state index is 5.64. The molecule has 1 aromatic heterocycles. The molecule has 0 aliphatic rings. The molecule has 0 spiro atoms. The lowest BCUT2D eigenvalue weighted by atomic mass is 10.0. The van der Waals surface area contributed by atoms with Crippen molar-refractivity contribution in [1.82, 2.24) is 4.98 Å². The van der Waals surface area contributed by atoms with Gasteiger partial charge in [0.25, 0.3) is 0 Å². The van der Waals surface area contributed by atoms with Crippen molar-refractivity contribution in [3.63, 3.8) is 0 Å². The molecule has 0 aliphatic carbocycles. The van der Waals surface area contributed by atoms with Crippen LogP contribution in [0.25, 0.3) is 10.8 Å². The average Bonchev–Trinajstić information content (AvgIpc) is 2.27. The number of aryl methyl sites for hydroxylation is 1. The predicted molar refractivity (Wildman–Crippen MR) is 59.0 cm³/mol. The summed E-state index contributed by atoms with van der Waals surface area (Å²) in [6.45, 7) is 2.66. The van der Waals surface area contributed by atoms with Crippen molar-refractivity contribution in [3.8, 4) is 0 Å². The summed E-state index contributed by atoms with van der Waals surface area (Å²) in [4.78, 5) is 4.28. The molecular formula is C12H14N2. The largest absolute Gasteiger partial charge is 0.325 e. The van der Waals surface area contributed by atoms with Gasteiger partial charge in [0.15, 0.2) is 0 Å². The van der Waals surface area contributed by atoms with Gasteiger partial charge in [0.05, 0.1) is 5.69 Å². The molecule has 0 bridgehead atoms. The van der Waals surface area contributed by atoms with Gasteiger partial charge in [-0.2, -0.15) is 0 Å². The minimum absolute atomic E-state index is 0.504. The Morgan fingerprint density at radius 3 is 2.86 bits per heavy atom. The SMILES string of the molecule is CCc1ccc2ccnc(CN)c2c1. The molecular weight excluding hydrogens is 172 g/mol. The smallest absolute Gasteiger partial charge is 0.0617 e. The summed E-state index contributed by atoms with van der Waals surface area (Å²) in [6, 6.07) is 8.50. The number of aromatic nitrogens is 1. The Bertz CT molecular complexity index is 449. The number of fused-ring (bicyclic) bond motifs is 1. The van der Waals surface area contributed by atoms with Gasteiger partial charge in [-0.3, -0.25) is 4.98 Å². The van der Waals surface area contributed by atoms with Crippen molar-refractivity contribution in [2.24, 2.45) is 5.73 Å². The van der Waals surface area contributed by atoms with Gasteiger partial charge in [0.2, 0.25) is 0 Å². The number of hydrogen-bond donors (Lipinski definition) is 1. The third-order valence-electron chi connectivity index (χ3n) is 2.51. The first-order chi connectivity index (χ1) is 6.85. The predicted octanol–water partition coefficient (Wildman–Crippen LogP) is 2.26. The van der Waals surface area contributed by atoms with E-state index < -0.39 is 0 Å². The zero-order chi connectivity index (χ0) is 9.97. The van der Waals surface area contributed by atoms with E-state index in [0.717, 1.165) is 12.1 Å². The van der Waals surface area contributed by atoms with Gasteiger partial charge < -0.3 is 5.73 Å². The highest BCUT2D eigenvalue weighted by atomic mass is 14.7. The molecule has 2 aromatic rings. The summed E-state index contributed by atoms with van der Waals surface area (Å²) in [5.41, 5.74) is 7.96. The highest BCUT2D eigenvalue weighted by Crippen LogP contribution is 2.18. The Kier molecular flexibility index (Phi) is 2.46. The maximum Gasteiger partial charge on any atom is 0.0617 e. The lowest BCUT2D eigenvalue weighted by molar-refractivity contribution is 1.01. The molecule has 0 aliphatic heterocycles. The van der Waals surface area contributed by atoms with Crippen LogP contribution >= 0.6 is 0 Å². The molecule has 1 aromatic carbocycles. The number of nitrogens with two attached hydrogens (primary N) is 1. The van der Waals surface area contributed by atoms with E-state index in [1.807, 2.05) is 12.3 Å². The van der Waals surface area contributed by atoms with E-state index in [4.69, 9.17) is 5.73 Å². The fraction of sp³-hybridized carbons (Fsp3) is 0.250. The first-order valence-corrected chi connectivity index (χ1v) is 4.91. The van der Waals surface area contributed by atoms with Crippen molar-refractivity contribution in [2.75, 3.05) is 0 Å². The van der Waals surface area contributed by atoms with E-state index in [2.05, 4.69) is 30.1 Å². The van der Waals surface area contributed by atoms with E-state index in [-0.39, 0.29) is 0 Å². The molecule has 2 N–H and O–H groups in total. The molecule has 0 fully saturated rings. The van der Waals surface area contributed by atoms with Gasteiger partial charge in [0.1, 0.15) is 0 Å². The van der Waals surface area contributed by atoms with E-state index in [0.29, 0.717) is 6.54 Å². The topological polar surface area (TPSA) is 38.9 Å². The second-order valence-electron chi connectivity index (χ2n) is 3.37. The first-order valence-electron chi connectivity index (χ1n) is 4.91. The molecule has 2 rings (SSSR count). The second kappa shape index (κ2) is 3.76. The fourth-order valence-corrected chi connectivity index (χ4v) is 1.66. The summed E-state index contributed by atoms with van der Waals surface area (Å²) in [5.74, 6) is 0. The van der Waals surface area contributed by atoms with Gasteiger partial charge in [-0.25, -0.2) is 0 Å². The molecule has 0 unspecified atom stereocenters. The minimum atomic E-state index is 0.504. The number of nitrogens with zero attached hydrogens (tertiary/aromatic N) is 1. The van der Waals surface area contributed by atoms with E-state index in [1.165, 1.54) is 16.3 Å².